The molecular weight excluding hydrogens is 304 g/mol. The lowest BCUT2D eigenvalue weighted by Gasteiger charge is -2.34. The number of hydrogen-bond acceptors (Lipinski definition) is 3. The lowest BCUT2D eigenvalue weighted by atomic mass is 9.96. The molecule has 1 atom stereocenters. The molecule has 1 aliphatic heterocycles. The fraction of sp³-hybridized carbons (Fsp3) is 0.579. The molecular formula is C19H28N2O3. The van der Waals surface area contributed by atoms with Gasteiger partial charge in [-0.2, -0.15) is 0 Å². The molecule has 0 bridgehead atoms. The molecule has 5 heteroatoms. The summed E-state index contributed by atoms with van der Waals surface area (Å²) in [5.41, 5.74) is 0.117. The second kappa shape index (κ2) is 7.69. The van der Waals surface area contributed by atoms with Crippen molar-refractivity contribution < 1.29 is 14.3 Å². The quantitative estimate of drug-likeness (QED) is 0.835. The first kappa shape index (κ1) is 18.3. The van der Waals surface area contributed by atoms with Crippen LogP contribution in [-0.2, 0) is 16.1 Å². The lowest BCUT2D eigenvalue weighted by Crippen LogP contribution is -2.54. The van der Waals surface area contributed by atoms with Crippen molar-refractivity contribution in [2.75, 3.05) is 13.7 Å². The van der Waals surface area contributed by atoms with Gasteiger partial charge in [0.25, 0.3) is 0 Å². The van der Waals surface area contributed by atoms with Crippen molar-refractivity contribution in [3.8, 4) is 5.75 Å². The van der Waals surface area contributed by atoms with Gasteiger partial charge in [-0.1, -0.05) is 32.0 Å². The van der Waals surface area contributed by atoms with Crippen molar-refractivity contribution in [1.82, 2.24) is 10.2 Å². The Morgan fingerprint density at radius 3 is 2.75 bits per heavy atom. The van der Waals surface area contributed by atoms with Crippen LogP contribution < -0.4 is 10.1 Å². The van der Waals surface area contributed by atoms with Crippen molar-refractivity contribution in [3.63, 3.8) is 0 Å². The molecule has 1 fully saturated rings. The molecule has 0 spiro atoms. The van der Waals surface area contributed by atoms with Crippen LogP contribution in [0.2, 0.25) is 0 Å². The van der Waals surface area contributed by atoms with E-state index >= 15 is 0 Å². The maximum Gasteiger partial charge on any atom is 0.245 e. The Bertz CT molecular complexity index is 600. The third-order valence-corrected chi connectivity index (χ3v) is 4.74. The number of nitrogens with zero attached hydrogens (tertiary/aromatic N) is 1. The van der Waals surface area contributed by atoms with Crippen molar-refractivity contribution in [3.05, 3.63) is 29.8 Å². The van der Waals surface area contributed by atoms with Crippen LogP contribution in [0.25, 0.3) is 0 Å². The zero-order chi connectivity index (χ0) is 17.7. The van der Waals surface area contributed by atoms with Crippen molar-refractivity contribution in [1.29, 1.82) is 0 Å². The minimum atomic E-state index is -0.797. The number of hydrogen-bond donors (Lipinski definition) is 1. The summed E-state index contributed by atoms with van der Waals surface area (Å²) in [4.78, 5) is 26.8. The van der Waals surface area contributed by atoms with Gasteiger partial charge in [-0.25, -0.2) is 0 Å². The van der Waals surface area contributed by atoms with Gasteiger partial charge < -0.3 is 15.0 Å². The van der Waals surface area contributed by atoms with E-state index < -0.39 is 5.54 Å². The van der Waals surface area contributed by atoms with E-state index in [-0.39, 0.29) is 11.8 Å². The summed E-state index contributed by atoms with van der Waals surface area (Å²) < 4.78 is 5.37. The highest BCUT2D eigenvalue weighted by Gasteiger charge is 2.47. The van der Waals surface area contributed by atoms with Gasteiger partial charge in [-0.3, -0.25) is 9.59 Å². The maximum absolute atomic E-state index is 12.7. The molecule has 0 radical (unpaired) electrons. The van der Waals surface area contributed by atoms with Gasteiger partial charge in [-0.05, 0) is 31.7 Å². The SMILES string of the molecule is COc1ccccc1CN1C(=O)CC[C@]1(C)C(=O)NCCC(C)C. The summed E-state index contributed by atoms with van der Waals surface area (Å²) >= 11 is 0. The van der Waals surface area contributed by atoms with Gasteiger partial charge in [0.1, 0.15) is 11.3 Å². The number of methoxy groups -OCH3 is 1. The van der Waals surface area contributed by atoms with E-state index in [0.29, 0.717) is 31.8 Å². The van der Waals surface area contributed by atoms with Crippen LogP contribution in [-0.4, -0.2) is 35.9 Å². The summed E-state index contributed by atoms with van der Waals surface area (Å²) in [5.74, 6) is 1.22. The molecule has 1 heterocycles. The molecule has 0 unspecified atom stereocenters. The van der Waals surface area contributed by atoms with E-state index in [2.05, 4.69) is 19.2 Å². The number of nitrogens with one attached hydrogen (secondary N) is 1. The van der Waals surface area contributed by atoms with Gasteiger partial charge in [0.2, 0.25) is 11.8 Å². The number of amides is 2. The highest BCUT2D eigenvalue weighted by molar-refractivity contribution is 5.94. The first-order valence-electron chi connectivity index (χ1n) is 8.59. The number of carbonyl (C=O) groups is 2. The van der Waals surface area contributed by atoms with Crippen LogP contribution in [0.15, 0.2) is 24.3 Å². The van der Waals surface area contributed by atoms with Crippen molar-refractivity contribution >= 4 is 11.8 Å². The average molecular weight is 332 g/mol. The van der Waals surface area contributed by atoms with E-state index in [9.17, 15) is 9.59 Å². The molecule has 24 heavy (non-hydrogen) atoms. The smallest absolute Gasteiger partial charge is 0.245 e. The Morgan fingerprint density at radius 1 is 1.38 bits per heavy atom. The van der Waals surface area contributed by atoms with Crippen LogP contribution in [0.1, 0.15) is 45.6 Å². The van der Waals surface area contributed by atoms with Crippen LogP contribution in [0.3, 0.4) is 0 Å². The van der Waals surface area contributed by atoms with E-state index in [1.807, 2.05) is 31.2 Å². The Balaban J connectivity index is 2.14. The Morgan fingerprint density at radius 2 is 2.08 bits per heavy atom. The molecule has 132 valence electrons. The zero-order valence-electron chi connectivity index (χ0n) is 15.1. The van der Waals surface area contributed by atoms with E-state index in [4.69, 9.17) is 4.74 Å². The Hall–Kier alpha value is -2.04. The first-order chi connectivity index (χ1) is 11.4. The normalized spacial score (nSPS) is 20.5. The number of benzene rings is 1. The van der Waals surface area contributed by atoms with Gasteiger partial charge in [0.15, 0.2) is 0 Å². The number of rotatable bonds is 7. The second-order valence-electron chi connectivity index (χ2n) is 7.00. The first-order valence-corrected chi connectivity index (χ1v) is 8.59. The molecule has 1 N–H and O–H groups in total. The van der Waals surface area contributed by atoms with Crippen LogP contribution in [0.5, 0.6) is 5.75 Å². The monoisotopic (exact) mass is 332 g/mol. The largest absolute Gasteiger partial charge is 0.496 e. The lowest BCUT2D eigenvalue weighted by molar-refractivity contribution is -0.141. The number of carbonyl (C=O) groups excluding carboxylic acids is 2. The topological polar surface area (TPSA) is 58.6 Å². The van der Waals surface area contributed by atoms with Crippen LogP contribution in [0, 0.1) is 5.92 Å². The van der Waals surface area contributed by atoms with E-state index in [1.165, 1.54) is 0 Å². The van der Waals surface area contributed by atoms with Gasteiger partial charge in [-0.15, -0.1) is 0 Å². The summed E-state index contributed by atoms with van der Waals surface area (Å²) in [6.45, 7) is 7.14. The number of ether oxygens (including phenoxy) is 1. The van der Waals surface area contributed by atoms with Gasteiger partial charge in [0.05, 0.1) is 13.7 Å². The summed E-state index contributed by atoms with van der Waals surface area (Å²) in [7, 11) is 1.61. The van der Waals surface area contributed by atoms with Gasteiger partial charge in [0, 0.05) is 18.5 Å². The predicted octanol–water partition coefficient (Wildman–Crippen LogP) is 2.74. The highest BCUT2D eigenvalue weighted by atomic mass is 16.5. The fourth-order valence-electron chi connectivity index (χ4n) is 3.06. The third kappa shape index (κ3) is 3.89. The Kier molecular flexibility index (Phi) is 5.86. The Labute approximate surface area is 144 Å². The molecule has 2 rings (SSSR count). The third-order valence-electron chi connectivity index (χ3n) is 4.74. The van der Waals surface area contributed by atoms with Crippen molar-refractivity contribution in [2.24, 2.45) is 5.92 Å². The molecule has 5 nitrogen and oxygen atoms in total. The summed E-state index contributed by atoms with van der Waals surface area (Å²) in [5, 5.41) is 3.00. The number of likely N-dealkylation sites (tertiary alicyclic amines) is 1. The second-order valence-corrected chi connectivity index (χ2v) is 7.00. The molecule has 0 aromatic heterocycles. The van der Waals surface area contributed by atoms with Gasteiger partial charge >= 0.3 is 0 Å². The molecule has 1 aliphatic rings. The summed E-state index contributed by atoms with van der Waals surface area (Å²) in [6, 6.07) is 7.61. The minimum absolute atomic E-state index is 0.0161. The highest BCUT2D eigenvalue weighted by Crippen LogP contribution is 2.33. The standard InChI is InChI=1S/C19H28N2O3/c1-14(2)10-12-20-18(23)19(3)11-9-17(22)21(19)13-15-7-5-6-8-16(15)24-4/h5-8,14H,9-13H2,1-4H3,(H,20,23)/t19-/m1/s1. The molecule has 0 saturated carbocycles. The van der Waals surface area contributed by atoms with Crippen LogP contribution in [0.4, 0.5) is 0 Å². The molecule has 1 aromatic carbocycles. The maximum atomic E-state index is 12.7. The van der Waals surface area contributed by atoms with E-state index in [1.54, 1.807) is 12.0 Å². The fourth-order valence-corrected chi connectivity index (χ4v) is 3.06. The van der Waals surface area contributed by atoms with Crippen molar-refractivity contribution in [2.45, 2.75) is 52.1 Å². The zero-order valence-corrected chi connectivity index (χ0v) is 15.1. The molecule has 1 aromatic rings. The molecule has 0 aliphatic carbocycles. The van der Waals surface area contributed by atoms with E-state index in [0.717, 1.165) is 17.7 Å². The number of para-hydroxylation sites is 1. The predicted molar refractivity (Wildman–Crippen MR) is 93.6 cm³/mol. The summed E-state index contributed by atoms with van der Waals surface area (Å²) in [6.07, 6.45) is 1.89. The molecule has 2 amide bonds. The molecule has 1 saturated heterocycles. The van der Waals surface area contributed by atoms with Crippen LogP contribution >= 0.6 is 0 Å². The average Bonchev–Trinajstić information content (AvgIpc) is 2.84. The minimum Gasteiger partial charge on any atom is -0.496 e.